The third-order valence-corrected chi connectivity index (χ3v) is 3.07. The summed E-state index contributed by atoms with van der Waals surface area (Å²) in [5.74, 6) is 1.24. The Labute approximate surface area is 122 Å². The van der Waals surface area contributed by atoms with Gasteiger partial charge in [0.2, 0.25) is 0 Å². The molecule has 2 aromatic rings. The van der Waals surface area contributed by atoms with E-state index in [0.29, 0.717) is 28.0 Å². The molecule has 0 fully saturated rings. The van der Waals surface area contributed by atoms with Crippen molar-refractivity contribution in [2.45, 2.75) is 19.4 Å². The number of nitrogens with zero attached hydrogens (tertiary/aromatic N) is 1. The quantitative estimate of drug-likeness (QED) is 0.925. The molecular weight excluding hydrogens is 283 g/mol. The first-order valence-corrected chi connectivity index (χ1v) is 6.63. The van der Waals surface area contributed by atoms with Crippen LogP contribution in [-0.2, 0) is 6.42 Å². The standard InChI is InChI=1S/C14H14Cl2N2O/c1-9(17)5-12-13(16)3-2-4-14(12)19-11-6-10(15)7-18-8-11/h2-4,6-9H,5,17H2,1H3. The highest BCUT2D eigenvalue weighted by atomic mass is 35.5. The second kappa shape index (κ2) is 6.24. The van der Waals surface area contributed by atoms with E-state index < -0.39 is 0 Å². The van der Waals surface area contributed by atoms with Crippen LogP contribution in [0.3, 0.4) is 0 Å². The van der Waals surface area contributed by atoms with E-state index in [2.05, 4.69) is 4.98 Å². The maximum absolute atomic E-state index is 6.19. The van der Waals surface area contributed by atoms with Crippen LogP contribution < -0.4 is 10.5 Å². The highest BCUT2D eigenvalue weighted by Gasteiger charge is 2.11. The van der Waals surface area contributed by atoms with E-state index >= 15 is 0 Å². The summed E-state index contributed by atoms with van der Waals surface area (Å²) in [5, 5.41) is 1.16. The molecule has 0 aliphatic carbocycles. The summed E-state index contributed by atoms with van der Waals surface area (Å²) in [4.78, 5) is 3.98. The maximum Gasteiger partial charge on any atom is 0.147 e. The van der Waals surface area contributed by atoms with Gasteiger partial charge in [-0.15, -0.1) is 0 Å². The Hall–Kier alpha value is -1.29. The largest absolute Gasteiger partial charge is 0.455 e. The van der Waals surface area contributed by atoms with Crippen LogP contribution in [0.5, 0.6) is 11.5 Å². The summed E-state index contributed by atoms with van der Waals surface area (Å²) in [7, 11) is 0. The lowest BCUT2D eigenvalue weighted by Crippen LogP contribution is -2.18. The molecule has 0 spiro atoms. The van der Waals surface area contributed by atoms with Crippen molar-refractivity contribution in [2.24, 2.45) is 5.73 Å². The number of rotatable bonds is 4. The van der Waals surface area contributed by atoms with E-state index in [9.17, 15) is 0 Å². The lowest BCUT2D eigenvalue weighted by molar-refractivity contribution is 0.471. The zero-order valence-electron chi connectivity index (χ0n) is 10.4. The monoisotopic (exact) mass is 296 g/mol. The lowest BCUT2D eigenvalue weighted by Gasteiger charge is -2.14. The van der Waals surface area contributed by atoms with Crippen molar-refractivity contribution in [2.75, 3.05) is 0 Å². The zero-order valence-corrected chi connectivity index (χ0v) is 11.9. The number of nitrogens with two attached hydrogens (primary N) is 1. The van der Waals surface area contributed by atoms with Gasteiger partial charge in [-0.25, -0.2) is 0 Å². The zero-order chi connectivity index (χ0) is 13.8. The van der Waals surface area contributed by atoms with Crippen molar-refractivity contribution < 1.29 is 4.74 Å². The molecule has 0 bridgehead atoms. The van der Waals surface area contributed by atoms with Gasteiger partial charge in [-0.1, -0.05) is 29.3 Å². The van der Waals surface area contributed by atoms with Crippen LogP contribution in [0.1, 0.15) is 12.5 Å². The molecule has 0 saturated heterocycles. The van der Waals surface area contributed by atoms with Crippen LogP contribution in [0.4, 0.5) is 0 Å². The minimum atomic E-state index is -0.000244. The first-order chi connectivity index (χ1) is 9.06. The number of halogens is 2. The van der Waals surface area contributed by atoms with Crippen molar-refractivity contribution in [3.63, 3.8) is 0 Å². The Morgan fingerprint density at radius 2 is 2.11 bits per heavy atom. The van der Waals surface area contributed by atoms with Gasteiger partial charge in [-0.2, -0.15) is 0 Å². The minimum absolute atomic E-state index is 0.000244. The van der Waals surface area contributed by atoms with Crippen LogP contribution in [0.25, 0.3) is 0 Å². The summed E-state index contributed by atoms with van der Waals surface area (Å²) in [6.07, 6.45) is 3.79. The van der Waals surface area contributed by atoms with Gasteiger partial charge < -0.3 is 10.5 Å². The molecule has 1 unspecified atom stereocenters. The van der Waals surface area contributed by atoms with E-state index in [0.717, 1.165) is 5.56 Å². The van der Waals surface area contributed by atoms with E-state index in [1.165, 1.54) is 0 Å². The fourth-order valence-corrected chi connectivity index (χ4v) is 2.14. The summed E-state index contributed by atoms with van der Waals surface area (Å²) in [5.41, 5.74) is 6.72. The predicted octanol–water partition coefficient (Wildman–Crippen LogP) is 4.07. The Morgan fingerprint density at radius 1 is 1.32 bits per heavy atom. The molecule has 2 rings (SSSR count). The smallest absolute Gasteiger partial charge is 0.147 e. The molecule has 1 heterocycles. The SMILES string of the molecule is CC(N)Cc1c(Cl)cccc1Oc1cncc(Cl)c1. The van der Waals surface area contributed by atoms with Gasteiger partial charge in [0.25, 0.3) is 0 Å². The van der Waals surface area contributed by atoms with Gasteiger partial charge in [0, 0.05) is 28.9 Å². The van der Waals surface area contributed by atoms with E-state index in [-0.39, 0.29) is 6.04 Å². The Morgan fingerprint density at radius 3 is 2.79 bits per heavy atom. The molecule has 0 radical (unpaired) electrons. The van der Waals surface area contributed by atoms with Gasteiger partial charge in [0.05, 0.1) is 11.2 Å². The van der Waals surface area contributed by atoms with Gasteiger partial charge in [-0.3, -0.25) is 4.98 Å². The number of aromatic nitrogens is 1. The van der Waals surface area contributed by atoms with Crippen LogP contribution in [0, 0.1) is 0 Å². The molecule has 1 aromatic carbocycles. The molecule has 1 atom stereocenters. The lowest BCUT2D eigenvalue weighted by atomic mass is 10.1. The number of benzene rings is 1. The molecule has 0 saturated carbocycles. The topological polar surface area (TPSA) is 48.1 Å². The van der Waals surface area contributed by atoms with Crippen LogP contribution in [0.2, 0.25) is 10.0 Å². The molecule has 2 N–H and O–H groups in total. The minimum Gasteiger partial charge on any atom is -0.455 e. The predicted molar refractivity (Wildman–Crippen MR) is 78.1 cm³/mol. The highest BCUT2D eigenvalue weighted by Crippen LogP contribution is 2.31. The molecule has 3 nitrogen and oxygen atoms in total. The third kappa shape index (κ3) is 3.83. The summed E-state index contributed by atoms with van der Waals surface area (Å²) < 4.78 is 5.79. The van der Waals surface area contributed by atoms with Crippen LogP contribution in [-0.4, -0.2) is 11.0 Å². The fraction of sp³-hybridized carbons (Fsp3) is 0.214. The van der Waals surface area contributed by atoms with Gasteiger partial charge in [0.1, 0.15) is 11.5 Å². The average Bonchev–Trinajstić information content (AvgIpc) is 2.33. The Balaban J connectivity index is 2.31. The van der Waals surface area contributed by atoms with Gasteiger partial charge in [0.15, 0.2) is 0 Å². The van der Waals surface area contributed by atoms with Crippen molar-refractivity contribution in [1.82, 2.24) is 4.98 Å². The van der Waals surface area contributed by atoms with Crippen molar-refractivity contribution >= 4 is 23.2 Å². The number of hydrogen-bond acceptors (Lipinski definition) is 3. The first kappa shape index (κ1) is 14.1. The van der Waals surface area contributed by atoms with Gasteiger partial charge >= 0.3 is 0 Å². The molecule has 0 aliphatic rings. The number of pyridine rings is 1. The molecule has 0 aliphatic heterocycles. The molecule has 0 amide bonds. The van der Waals surface area contributed by atoms with Crippen molar-refractivity contribution in [3.05, 3.63) is 52.3 Å². The second-order valence-corrected chi connectivity index (χ2v) is 5.18. The summed E-state index contributed by atoms with van der Waals surface area (Å²) >= 11 is 12.1. The van der Waals surface area contributed by atoms with E-state index in [1.807, 2.05) is 25.1 Å². The molecular formula is C14H14Cl2N2O. The Kier molecular flexibility index (Phi) is 4.64. The maximum atomic E-state index is 6.19. The van der Waals surface area contributed by atoms with Crippen LogP contribution in [0.15, 0.2) is 36.7 Å². The highest BCUT2D eigenvalue weighted by molar-refractivity contribution is 6.31. The first-order valence-electron chi connectivity index (χ1n) is 5.87. The van der Waals surface area contributed by atoms with Gasteiger partial charge in [-0.05, 0) is 25.5 Å². The molecule has 100 valence electrons. The van der Waals surface area contributed by atoms with Crippen molar-refractivity contribution in [3.8, 4) is 11.5 Å². The Bertz CT molecular complexity index is 573. The third-order valence-electron chi connectivity index (χ3n) is 2.51. The van der Waals surface area contributed by atoms with Crippen molar-refractivity contribution in [1.29, 1.82) is 0 Å². The average molecular weight is 297 g/mol. The fourth-order valence-electron chi connectivity index (χ4n) is 1.73. The van der Waals surface area contributed by atoms with Crippen LogP contribution >= 0.6 is 23.2 Å². The summed E-state index contributed by atoms with van der Waals surface area (Å²) in [6.45, 7) is 1.92. The number of ether oxygens (including phenoxy) is 1. The van der Waals surface area contributed by atoms with E-state index in [4.69, 9.17) is 33.7 Å². The number of hydrogen-bond donors (Lipinski definition) is 1. The van der Waals surface area contributed by atoms with E-state index in [1.54, 1.807) is 18.5 Å². The normalized spacial score (nSPS) is 12.2. The molecule has 5 heteroatoms. The molecule has 19 heavy (non-hydrogen) atoms. The molecule has 1 aromatic heterocycles. The second-order valence-electron chi connectivity index (χ2n) is 4.34. The summed E-state index contributed by atoms with van der Waals surface area (Å²) in [6, 6.07) is 7.21.